The number of hydrogen-bond donors (Lipinski definition) is 1. The number of thioether (sulfide) groups is 1. The van der Waals surface area contributed by atoms with Crippen LogP contribution in [0.1, 0.15) is 35.8 Å². The summed E-state index contributed by atoms with van der Waals surface area (Å²) in [6.45, 7) is 3.75. The zero-order valence-electron chi connectivity index (χ0n) is 10.2. The minimum absolute atomic E-state index is 0.355. The van der Waals surface area contributed by atoms with E-state index in [1.165, 1.54) is 18.9 Å². The molecule has 6 heteroatoms. The molecule has 1 rings (SSSR count). The van der Waals surface area contributed by atoms with Crippen LogP contribution in [0.3, 0.4) is 0 Å². The molecule has 0 aromatic carbocycles. The van der Waals surface area contributed by atoms with Gasteiger partial charge in [-0.25, -0.2) is 9.59 Å². The largest absolute Gasteiger partial charge is 0.465 e. The van der Waals surface area contributed by atoms with Crippen LogP contribution in [-0.2, 0) is 4.74 Å². The van der Waals surface area contributed by atoms with Crippen molar-refractivity contribution in [2.24, 2.45) is 0 Å². The Bertz CT molecular complexity index is 457. The van der Waals surface area contributed by atoms with E-state index >= 15 is 0 Å². The Kier molecular flexibility index (Phi) is 5.21. The van der Waals surface area contributed by atoms with Gasteiger partial charge in [0.2, 0.25) is 0 Å². The molecule has 0 spiro atoms. The normalized spacial score (nSPS) is 10.3. The van der Waals surface area contributed by atoms with E-state index < -0.39 is 11.7 Å². The topological polar surface area (TPSA) is 72.0 Å². The number of aryl methyl sites for hydroxylation is 1. The summed E-state index contributed by atoms with van der Waals surface area (Å²) in [7, 11) is 1.31. The van der Waals surface area contributed by atoms with Crippen LogP contribution >= 0.6 is 11.8 Å². The van der Waals surface area contributed by atoms with Crippen LogP contribution in [0, 0.1) is 6.92 Å². The van der Waals surface area contributed by atoms with Crippen molar-refractivity contribution in [2.75, 3.05) is 12.9 Å². The van der Waals surface area contributed by atoms with Gasteiger partial charge in [-0.05, 0) is 19.1 Å². The van der Waals surface area contributed by atoms with E-state index in [1.54, 1.807) is 6.92 Å². The molecule has 0 saturated carbocycles. The fraction of sp³-hybridized carbons (Fsp3) is 0.545. The molecule has 0 bridgehead atoms. The monoisotopic (exact) mass is 256 g/mol. The fourth-order valence-corrected chi connectivity index (χ4v) is 2.47. The zero-order valence-corrected chi connectivity index (χ0v) is 11.0. The van der Waals surface area contributed by atoms with Crippen LogP contribution in [0.4, 0.5) is 0 Å². The molecule has 1 N–H and O–H groups in total. The zero-order chi connectivity index (χ0) is 12.8. The van der Waals surface area contributed by atoms with E-state index in [-0.39, 0.29) is 0 Å². The second-order valence-corrected chi connectivity index (χ2v) is 4.62. The summed E-state index contributed by atoms with van der Waals surface area (Å²) in [5.74, 6) is 0.362. The number of esters is 1. The van der Waals surface area contributed by atoms with Crippen molar-refractivity contribution >= 4 is 17.7 Å². The van der Waals surface area contributed by atoms with Crippen molar-refractivity contribution in [1.29, 1.82) is 0 Å². The average molecular weight is 256 g/mol. The second kappa shape index (κ2) is 6.44. The number of nitrogens with one attached hydrogen (secondary N) is 1. The van der Waals surface area contributed by atoms with Gasteiger partial charge in [-0.3, -0.25) is 0 Å². The molecule has 1 heterocycles. The van der Waals surface area contributed by atoms with Gasteiger partial charge in [0.05, 0.1) is 7.11 Å². The van der Waals surface area contributed by atoms with Crippen molar-refractivity contribution in [3.63, 3.8) is 0 Å². The maximum Gasteiger partial charge on any atom is 0.346 e. The molecular weight excluding hydrogens is 240 g/mol. The summed E-state index contributed by atoms with van der Waals surface area (Å²) in [6, 6.07) is 0. The van der Waals surface area contributed by atoms with Gasteiger partial charge < -0.3 is 9.72 Å². The Balaban J connectivity index is 3.07. The SMILES string of the molecule is CCCCSc1nc(=O)[nH]c(C)c1C(=O)OC. The smallest absolute Gasteiger partial charge is 0.346 e. The highest BCUT2D eigenvalue weighted by Gasteiger charge is 2.18. The van der Waals surface area contributed by atoms with E-state index in [9.17, 15) is 9.59 Å². The van der Waals surface area contributed by atoms with E-state index in [1.807, 2.05) is 0 Å². The summed E-state index contributed by atoms with van der Waals surface area (Å²) in [4.78, 5) is 29.2. The molecule has 0 unspecified atom stereocenters. The molecule has 0 amide bonds. The van der Waals surface area contributed by atoms with E-state index in [0.717, 1.165) is 18.6 Å². The highest BCUT2D eigenvalue weighted by Crippen LogP contribution is 2.22. The number of carbonyl (C=O) groups is 1. The lowest BCUT2D eigenvalue weighted by Gasteiger charge is -2.08. The lowest BCUT2D eigenvalue weighted by atomic mass is 10.2. The molecule has 0 aliphatic heterocycles. The highest BCUT2D eigenvalue weighted by molar-refractivity contribution is 7.99. The highest BCUT2D eigenvalue weighted by atomic mass is 32.2. The van der Waals surface area contributed by atoms with Crippen LogP contribution < -0.4 is 5.69 Å². The number of nitrogens with zero attached hydrogens (tertiary/aromatic N) is 1. The maximum absolute atomic E-state index is 11.6. The van der Waals surface area contributed by atoms with Crippen LogP contribution in [0.2, 0.25) is 0 Å². The van der Waals surface area contributed by atoms with Gasteiger partial charge in [-0.1, -0.05) is 13.3 Å². The molecule has 5 nitrogen and oxygen atoms in total. The van der Waals surface area contributed by atoms with Gasteiger partial charge in [0.15, 0.2) is 0 Å². The lowest BCUT2D eigenvalue weighted by molar-refractivity contribution is 0.0594. The third-order valence-electron chi connectivity index (χ3n) is 2.21. The Hall–Kier alpha value is -1.30. The molecule has 0 fully saturated rings. The van der Waals surface area contributed by atoms with Gasteiger partial charge in [0.1, 0.15) is 10.6 Å². The van der Waals surface area contributed by atoms with Crippen LogP contribution in [0.15, 0.2) is 9.82 Å². The average Bonchev–Trinajstić information content (AvgIpc) is 2.28. The molecule has 0 aliphatic rings. The van der Waals surface area contributed by atoms with Crippen molar-refractivity contribution in [2.45, 2.75) is 31.7 Å². The number of unbranched alkanes of at least 4 members (excludes halogenated alkanes) is 1. The standard InChI is InChI=1S/C11H16N2O3S/c1-4-5-6-17-9-8(10(14)16-3)7(2)12-11(15)13-9/h4-6H2,1-3H3,(H,12,13,15). The summed E-state index contributed by atoms with van der Waals surface area (Å²) >= 11 is 1.41. The maximum atomic E-state index is 11.6. The number of carbonyl (C=O) groups excluding carboxylic acids is 1. The quantitative estimate of drug-likeness (QED) is 0.376. The molecule has 1 aromatic rings. The van der Waals surface area contributed by atoms with Gasteiger partial charge in [-0.2, -0.15) is 4.98 Å². The molecule has 0 aliphatic carbocycles. The van der Waals surface area contributed by atoms with Gasteiger partial charge in [0.25, 0.3) is 0 Å². The van der Waals surface area contributed by atoms with Crippen molar-refractivity contribution in [1.82, 2.24) is 9.97 Å². The first-order valence-electron chi connectivity index (χ1n) is 5.42. The van der Waals surface area contributed by atoms with E-state index in [2.05, 4.69) is 21.6 Å². The summed E-state index contributed by atoms with van der Waals surface area (Å²) < 4.78 is 4.69. The first-order valence-corrected chi connectivity index (χ1v) is 6.40. The van der Waals surface area contributed by atoms with E-state index in [4.69, 9.17) is 0 Å². The number of rotatable bonds is 5. The van der Waals surface area contributed by atoms with Crippen LogP contribution in [0.5, 0.6) is 0 Å². The first-order chi connectivity index (χ1) is 8.10. The van der Waals surface area contributed by atoms with Gasteiger partial charge in [-0.15, -0.1) is 11.8 Å². The lowest BCUT2D eigenvalue weighted by Crippen LogP contribution is -2.19. The molecule has 94 valence electrons. The number of H-pyrrole nitrogens is 1. The second-order valence-electron chi connectivity index (χ2n) is 3.54. The van der Waals surface area contributed by atoms with Crippen molar-refractivity contribution < 1.29 is 9.53 Å². The Morgan fingerprint density at radius 3 is 2.82 bits per heavy atom. The number of methoxy groups -OCH3 is 1. The Morgan fingerprint density at radius 2 is 2.24 bits per heavy atom. The predicted octanol–water partition coefficient (Wildman–Crippen LogP) is 1.76. The third kappa shape index (κ3) is 3.59. The predicted molar refractivity (Wildman–Crippen MR) is 66.6 cm³/mol. The molecule has 0 radical (unpaired) electrons. The first kappa shape index (κ1) is 13.8. The summed E-state index contributed by atoms with van der Waals surface area (Å²) in [5, 5.41) is 0.451. The Morgan fingerprint density at radius 1 is 1.53 bits per heavy atom. The third-order valence-corrected chi connectivity index (χ3v) is 3.27. The molecule has 1 aromatic heterocycles. The number of aromatic amines is 1. The van der Waals surface area contributed by atoms with Crippen LogP contribution in [-0.4, -0.2) is 28.8 Å². The van der Waals surface area contributed by atoms with E-state index in [0.29, 0.717) is 16.3 Å². The molecular formula is C11H16N2O3S. The van der Waals surface area contributed by atoms with Crippen molar-refractivity contribution in [3.8, 4) is 0 Å². The molecule has 0 saturated heterocycles. The number of aromatic nitrogens is 2. The Labute approximate surface area is 104 Å². The minimum Gasteiger partial charge on any atom is -0.465 e. The van der Waals surface area contributed by atoms with Crippen molar-refractivity contribution in [3.05, 3.63) is 21.7 Å². The van der Waals surface area contributed by atoms with Gasteiger partial charge in [0, 0.05) is 5.69 Å². The number of ether oxygens (including phenoxy) is 1. The van der Waals surface area contributed by atoms with Gasteiger partial charge >= 0.3 is 11.7 Å². The molecule has 0 atom stereocenters. The fourth-order valence-electron chi connectivity index (χ4n) is 1.32. The number of hydrogen-bond acceptors (Lipinski definition) is 5. The summed E-state index contributed by atoms with van der Waals surface area (Å²) in [6.07, 6.45) is 2.07. The molecule has 17 heavy (non-hydrogen) atoms. The van der Waals surface area contributed by atoms with Crippen LogP contribution in [0.25, 0.3) is 0 Å². The summed E-state index contributed by atoms with van der Waals surface area (Å²) in [5.41, 5.74) is 0.415. The minimum atomic E-state index is -0.467.